The lowest BCUT2D eigenvalue weighted by atomic mass is 10.0. The van der Waals surface area contributed by atoms with Crippen LogP contribution in [0.1, 0.15) is 17.5 Å². The molecule has 1 N–H and O–H groups in total. The lowest BCUT2D eigenvalue weighted by Gasteiger charge is -2.31. The van der Waals surface area contributed by atoms with Crippen LogP contribution in [-0.4, -0.2) is 56.9 Å². The number of rotatable bonds is 5. The van der Waals surface area contributed by atoms with Gasteiger partial charge in [-0.05, 0) is 18.6 Å². The van der Waals surface area contributed by atoms with Gasteiger partial charge in [0.15, 0.2) is 0 Å². The van der Waals surface area contributed by atoms with E-state index in [2.05, 4.69) is 16.1 Å². The van der Waals surface area contributed by atoms with Gasteiger partial charge in [0.1, 0.15) is 6.61 Å². The Morgan fingerprint density at radius 2 is 2.00 bits per heavy atom. The first-order valence-corrected chi connectivity index (χ1v) is 8.91. The Hall–Kier alpha value is -1.75. The van der Waals surface area contributed by atoms with Gasteiger partial charge in [-0.25, -0.2) is 0 Å². The van der Waals surface area contributed by atoms with Gasteiger partial charge in [-0.2, -0.15) is 13.2 Å². The fraction of sp³-hybridized carbons (Fsp3) is 0.579. The molecule has 1 unspecified atom stereocenters. The maximum absolute atomic E-state index is 13.6. The second-order valence-electron chi connectivity index (χ2n) is 6.70. The Labute approximate surface area is 152 Å². The molecule has 0 radical (unpaired) electrons. The highest BCUT2D eigenvalue weighted by Crippen LogP contribution is 2.38. The van der Waals surface area contributed by atoms with Gasteiger partial charge >= 0.3 is 6.18 Å². The minimum atomic E-state index is -4.36. The van der Waals surface area contributed by atoms with E-state index in [1.165, 1.54) is 12.1 Å². The summed E-state index contributed by atoms with van der Waals surface area (Å²) in [7, 11) is 0. The molecule has 1 atom stereocenters. The number of hydrogen-bond donors (Lipinski definition) is 1. The number of terminal acetylenes is 1. The van der Waals surface area contributed by atoms with Crippen molar-refractivity contribution in [2.45, 2.75) is 25.2 Å². The van der Waals surface area contributed by atoms with Crippen molar-refractivity contribution in [3.05, 3.63) is 29.3 Å². The second-order valence-corrected chi connectivity index (χ2v) is 6.70. The number of halogens is 3. The first kappa shape index (κ1) is 19.0. The van der Waals surface area contributed by atoms with Gasteiger partial charge < -0.3 is 15.0 Å². The third kappa shape index (κ3) is 4.50. The van der Waals surface area contributed by atoms with Crippen molar-refractivity contribution in [1.82, 2.24) is 10.2 Å². The van der Waals surface area contributed by atoms with Crippen molar-refractivity contribution in [3.63, 3.8) is 0 Å². The molecule has 3 rings (SSSR count). The van der Waals surface area contributed by atoms with Crippen LogP contribution in [0.25, 0.3) is 0 Å². The van der Waals surface area contributed by atoms with E-state index in [4.69, 9.17) is 11.2 Å². The number of hydrogen-bond acceptors (Lipinski definition) is 4. The van der Waals surface area contributed by atoms with Gasteiger partial charge in [-0.3, -0.25) is 4.90 Å². The number of alkyl halides is 3. The van der Waals surface area contributed by atoms with Crippen LogP contribution in [0.15, 0.2) is 18.2 Å². The molecule has 2 fully saturated rings. The van der Waals surface area contributed by atoms with Crippen LogP contribution in [0.5, 0.6) is 0 Å². The van der Waals surface area contributed by atoms with Crippen molar-refractivity contribution >= 4 is 5.69 Å². The number of ether oxygens (including phenoxy) is 1. The lowest BCUT2D eigenvalue weighted by Crippen LogP contribution is -2.43. The average molecular weight is 367 g/mol. The molecule has 4 nitrogen and oxygen atoms in total. The summed E-state index contributed by atoms with van der Waals surface area (Å²) in [6, 6.07) is 4.47. The van der Waals surface area contributed by atoms with Crippen LogP contribution < -0.4 is 10.2 Å². The molecule has 0 bridgehead atoms. The van der Waals surface area contributed by atoms with Gasteiger partial charge in [0.2, 0.25) is 0 Å². The third-order valence-corrected chi connectivity index (χ3v) is 4.94. The van der Waals surface area contributed by atoms with Crippen LogP contribution in [0.3, 0.4) is 0 Å². The topological polar surface area (TPSA) is 27.7 Å². The Bertz CT molecular complexity index is 650. The summed E-state index contributed by atoms with van der Waals surface area (Å²) < 4.78 is 46.4. The quantitative estimate of drug-likeness (QED) is 0.809. The van der Waals surface area contributed by atoms with E-state index in [1.54, 1.807) is 6.07 Å². The zero-order chi connectivity index (χ0) is 18.6. The molecule has 0 aromatic heterocycles. The SMILES string of the molecule is C#CCOC1CCN(c2cccc(C(F)(F)F)c2CN2CCNCC2)C1. The lowest BCUT2D eigenvalue weighted by molar-refractivity contribution is -0.138. The molecule has 2 aliphatic heterocycles. The average Bonchev–Trinajstić information content (AvgIpc) is 3.09. The van der Waals surface area contributed by atoms with E-state index in [9.17, 15) is 13.2 Å². The van der Waals surface area contributed by atoms with Gasteiger partial charge in [0.05, 0.1) is 11.7 Å². The van der Waals surface area contributed by atoms with Crippen molar-refractivity contribution in [2.24, 2.45) is 0 Å². The Morgan fingerprint density at radius 3 is 2.69 bits per heavy atom. The monoisotopic (exact) mass is 367 g/mol. The van der Waals surface area contributed by atoms with Crippen molar-refractivity contribution < 1.29 is 17.9 Å². The van der Waals surface area contributed by atoms with Crippen molar-refractivity contribution in [2.75, 3.05) is 50.8 Å². The number of anilines is 1. The normalized spacial score (nSPS) is 21.8. The molecule has 0 saturated carbocycles. The fourth-order valence-electron chi connectivity index (χ4n) is 3.64. The first-order chi connectivity index (χ1) is 12.5. The number of nitrogens with one attached hydrogen (secondary N) is 1. The molecular weight excluding hydrogens is 343 g/mol. The molecule has 1 aromatic carbocycles. The molecule has 0 amide bonds. The van der Waals surface area contributed by atoms with Crippen molar-refractivity contribution in [3.8, 4) is 12.3 Å². The highest BCUT2D eigenvalue weighted by Gasteiger charge is 2.36. The van der Waals surface area contributed by atoms with E-state index in [1.807, 2.05) is 4.90 Å². The highest BCUT2D eigenvalue weighted by atomic mass is 19.4. The van der Waals surface area contributed by atoms with Crippen molar-refractivity contribution in [1.29, 1.82) is 0 Å². The molecule has 26 heavy (non-hydrogen) atoms. The number of piperazine rings is 1. The van der Waals surface area contributed by atoms with Crippen LogP contribution in [0, 0.1) is 12.3 Å². The summed E-state index contributed by atoms with van der Waals surface area (Å²) in [6.45, 7) is 4.88. The fourth-order valence-corrected chi connectivity index (χ4v) is 3.64. The first-order valence-electron chi connectivity index (χ1n) is 8.91. The smallest absolute Gasteiger partial charge is 0.369 e. The zero-order valence-corrected chi connectivity index (χ0v) is 14.7. The Kier molecular flexibility index (Phi) is 6.07. The molecule has 1 aromatic rings. The number of nitrogens with zero attached hydrogens (tertiary/aromatic N) is 2. The zero-order valence-electron chi connectivity index (χ0n) is 14.7. The standard InChI is InChI=1S/C19H24F3N3O/c1-2-12-26-15-6-9-25(13-15)18-5-3-4-17(19(20,21)22)16(18)14-24-10-7-23-8-11-24/h1,3-5,15,23H,6-14H2. The molecule has 0 spiro atoms. The predicted octanol–water partition coefficient (Wildman–Crippen LogP) is 2.34. The maximum atomic E-state index is 13.6. The highest BCUT2D eigenvalue weighted by molar-refractivity contribution is 5.58. The Morgan fingerprint density at radius 1 is 1.23 bits per heavy atom. The maximum Gasteiger partial charge on any atom is 0.416 e. The minimum absolute atomic E-state index is 0.0346. The molecule has 7 heteroatoms. The minimum Gasteiger partial charge on any atom is -0.369 e. The summed E-state index contributed by atoms with van der Waals surface area (Å²) >= 11 is 0. The van der Waals surface area contributed by atoms with Gasteiger partial charge in [0.25, 0.3) is 0 Å². The van der Waals surface area contributed by atoms with Gasteiger partial charge in [-0.15, -0.1) is 6.42 Å². The summed E-state index contributed by atoms with van der Waals surface area (Å²) in [6.07, 6.45) is 1.60. The molecule has 2 saturated heterocycles. The molecule has 2 heterocycles. The largest absolute Gasteiger partial charge is 0.416 e. The molecule has 2 aliphatic rings. The third-order valence-electron chi connectivity index (χ3n) is 4.94. The van der Waals surface area contributed by atoms with E-state index < -0.39 is 11.7 Å². The summed E-state index contributed by atoms with van der Waals surface area (Å²) in [4.78, 5) is 4.07. The Balaban J connectivity index is 1.85. The van der Waals surface area contributed by atoms with Crippen LogP contribution in [0.4, 0.5) is 18.9 Å². The number of benzene rings is 1. The molecular formula is C19H24F3N3O. The second kappa shape index (κ2) is 8.30. The summed E-state index contributed by atoms with van der Waals surface area (Å²) in [5.74, 6) is 2.44. The van der Waals surface area contributed by atoms with E-state index in [-0.39, 0.29) is 12.7 Å². The summed E-state index contributed by atoms with van der Waals surface area (Å²) in [5, 5.41) is 3.23. The van der Waals surface area contributed by atoms with Crippen LogP contribution in [0.2, 0.25) is 0 Å². The predicted molar refractivity (Wildman–Crippen MR) is 95.0 cm³/mol. The van der Waals surface area contributed by atoms with Crippen LogP contribution >= 0.6 is 0 Å². The summed E-state index contributed by atoms with van der Waals surface area (Å²) in [5.41, 5.74) is 0.478. The van der Waals surface area contributed by atoms with E-state index in [0.29, 0.717) is 30.9 Å². The van der Waals surface area contributed by atoms with Gasteiger partial charge in [-0.1, -0.05) is 12.0 Å². The van der Waals surface area contributed by atoms with E-state index in [0.717, 1.165) is 32.6 Å². The van der Waals surface area contributed by atoms with E-state index >= 15 is 0 Å². The van der Waals surface area contributed by atoms with Crippen LogP contribution in [-0.2, 0) is 17.5 Å². The molecule has 142 valence electrons. The van der Waals surface area contributed by atoms with Gasteiger partial charge in [0, 0.05) is 57.1 Å². The molecule has 0 aliphatic carbocycles.